The predicted octanol–water partition coefficient (Wildman–Crippen LogP) is 5.80. The number of carbonyl (C=O) groups excluding carboxylic acids is 1. The molecule has 4 aromatic rings. The molecule has 0 saturated carbocycles. The molecule has 0 bridgehead atoms. The third kappa shape index (κ3) is 4.07. The van der Waals surface area contributed by atoms with Crippen LogP contribution in [0.15, 0.2) is 83.3 Å². The average Bonchev–Trinajstić information content (AvgIpc) is 3.11. The summed E-state index contributed by atoms with van der Waals surface area (Å²) in [5.41, 5.74) is 3.72. The highest BCUT2D eigenvalue weighted by Crippen LogP contribution is 2.27. The van der Waals surface area contributed by atoms with Crippen LogP contribution in [-0.2, 0) is 4.79 Å². The van der Waals surface area contributed by atoms with Crippen molar-refractivity contribution in [2.24, 2.45) is 0 Å². The van der Waals surface area contributed by atoms with E-state index in [0.29, 0.717) is 27.7 Å². The molecule has 0 aliphatic heterocycles. The van der Waals surface area contributed by atoms with Gasteiger partial charge in [0.05, 0.1) is 0 Å². The van der Waals surface area contributed by atoms with Crippen molar-refractivity contribution in [2.75, 3.05) is 5.32 Å². The number of hydrogen-bond acceptors (Lipinski definition) is 3. The van der Waals surface area contributed by atoms with Crippen molar-refractivity contribution in [1.29, 1.82) is 0 Å². The number of hydrogen-bond donors (Lipinski definition) is 1. The molecule has 0 saturated heterocycles. The highest BCUT2D eigenvalue weighted by molar-refractivity contribution is 6.30. The summed E-state index contributed by atoms with van der Waals surface area (Å²) >= 11 is 6.03. The topological polar surface area (TPSA) is 55.1 Å². The maximum atomic E-state index is 12.1. The predicted molar refractivity (Wildman–Crippen MR) is 109 cm³/mol. The van der Waals surface area contributed by atoms with Gasteiger partial charge in [-0.15, -0.1) is 0 Å². The van der Waals surface area contributed by atoms with Crippen molar-refractivity contribution in [2.45, 2.75) is 0 Å². The van der Waals surface area contributed by atoms with Crippen LogP contribution in [-0.4, -0.2) is 10.9 Å². The molecular formula is C22H15ClN2O2. The molecular weight excluding hydrogens is 360 g/mol. The third-order valence-electron chi connectivity index (χ3n) is 3.95. The first-order valence-electron chi connectivity index (χ1n) is 8.38. The molecule has 0 atom stereocenters. The molecule has 1 N–H and O–H groups in total. The van der Waals surface area contributed by atoms with Gasteiger partial charge in [-0.3, -0.25) is 4.79 Å². The van der Waals surface area contributed by atoms with E-state index in [9.17, 15) is 4.79 Å². The minimum atomic E-state index is -0.211. The van der Waals surface area contributed by atoms with Crippen molar-refractivity contribution in [3.05, 3.63) is 89.5 Å². The van der Waals surface area contributed by atoms with Crippen LogP contribution in [0.2, 0.25) is 5.02 Å². The zero-order chi connectivity index (χ0) is 18.6. The second-order valence-corrected chi connectivity index (χ2v) is 6.38. The number of amides is 1. The van der Waals surface area contributed by atoms with Crippen LogP contribution in [0.5, 0.6) is 0 Å². The van der Waals surface area contributed by atoms with Crippen LogP contribution in [0.1, 0.15) is 5.56 Å². The van der Waals surface area contributed by atoms with Gasteiger partial charge in [0.1, 0.15) is 5.52 Å². The Morgan fingerprint density at radius 2 is 1.85 bits per heavy atom. The first-order valence-corrected chi connectivity index (χ1v) is 8.76. The van der Waals surface area contributed by atoms with Crippen molar-refractivity contribution in [1.82, 2.24) is 4.98 Å². The number of fused-ring (bicyclic) bond motifs is 1. The quantitative estimate of drug-likeness (QED) is 0.459. The number of halogens is 1. The lowest BCUT2D eigenvalue weighted by atomic mass is 10.2. The second kappa shape index (κ2) is 7.48. The first-order chi connectivity index (χ1) is 13.2. The lowest BCUT2D eigenvalue weighted by Gasteiger charge is -2.01. The van der Waals surface area contributed by atoms with E-state index < -0.39 is 0 Å². The zero-order valence-corrected chi connectivity index (χ0v) is 15.0. The summed E-state index contributed by atoms with van der Waals surface area (Å²) in [7, 11) is 0. The fraction of sp³-hybridized carbons (Fsp3) is 0. The van der Waals surface area contributed by atoms with Crippen LogP contribution in [0.25, 0.3) is 28.6 Å². The molecule has 4 rings (SSSR count). The van der Waals surface area contributed by atoms with E-state index in [1.807, 2.05) is 42.5 Å². The van der Waals surface area contributed by atoms with E-state index in [-0.39, 0.29) is 5.91 Å². The zero-order valence-electron chi connectivity index (χ0n) is 14.2. The van der Waals surface area contributed by atoms with Gasteiger partial charge in [0.25, 0.3) is 0 Å². The molecule has 4 nitrogen and oxygen atoms in total. The Hall–Kier alpha value is -3.37. The number of carbonyl (C=O) groups is 1. The maximum Gasteiger partial charge on any atom is 0.248 e. The van der Waals surface area contributed by atoms with Crippen LogP contribution in [0.3, 0.4) is 0 Å². The van der Waals surface area contributed by atoms with Gasteiger partial charge < -0.3 is 9.73 Å². The van der Waals surface area contributed by atoms with Gasteiger partial charge in [-0.2, -0.15) is 0 Å². The van der Waals surface area contributed by atoms with E-state index >= 15 is 0 Å². The minimum Gasteiger partial charge on any atom is -0.436 e. The van der Waals surface area contributed by atoms with Gasteiger partial charge in [-0.05, 0) is 48.0 Å². The summed E-state index contributed by atoms with van der Waals surface area (Å²) in [6.07, 6.45) is 3.26. The van der Waals surface area contributed by atoms with E-state index in [4.69, 9.17) is 16.0 Å². The van der Waals surface area contributed by atoms with Crippen LogP contribution < -0.4 is 5.32 Å². The highest BCUT2D eigenvalue weighted by Gasteiger charge is 2.10. The molecule has 0 spiro atoms. The van der Waals surface area contributed by atoms with Gasteiger partial charge in [0.15, 0.2) is 5.58 Å². The largest absolute Gasteiger partial charge is 0.436 e. The third-order valence-corrected chi connectivity index (χ3v) is 4.19. The van der Waals surface area contributed by atoms with Crippen LogP contribution in [0.4, 0.5) is 5.69 Å². The summed E-state index contributed by atoms with van der Waals surface area (Å²) in [6, 6.07) is 22.3. The van der Waals surface area contributed by atoms with Gasteiger partial charge in [0.2, 0.25) is 11.8 Å². The Kier molecular flexibility index (Phi) is 4.73. The number of aromatic nitrogens is 1. The molecule has 132 valence electrons. The molecule has 0 radical (unpaired) electrons. The molecule has 27 heavy (non-hydrogen) atoms. The monoisotopic (exact) mass is 374 g/mol. The van der Waals surface area contributed by atoms with E-state index in [1.54, 1.807) is 36.4 Å². The molecule has 0 aliphatic carbocycles. The fourth-order valence-corrected chi connectivity index (χ4v) is 2.86. The lowest BCUT2D eigenvalue weighted by Crippen LogP contribution is -2.07. The smallest absolute Gasteiger partial charge is 0.248 e. The first kappa shape index (κ1) is 17.1. The summed E-state index contributed by atoms with van der Waals surface area (Å²) in [5, 5.41) is 3.45. The van der Waals surface area contributed by atoms with Crippen molar-refractivity contribution in [3.63, 3.8) is 0 Å². The van der Waals surface area contributed by atoms with E-state index in [1.165, 1.54) is 6.08 Å². The molecule has 1 aromatic heterocycles. The number of benzene rings is 3. The molecule has 3 aromatic carbocycles. The minimum absolute atomic E-state index is 0.211. The Morgan fingerprint density at radius 1 is 1.00 bits per heavy atom. The number of nitrogens with one attached hydrogen (secondary N) is 1. The van der Waals surface area contributed by atoms with Gasteiger partial charge in [0, 0.05) is 22.3 Å². The van der Waals surface area contributed by atoms with Crippen molar-refractivity contribution >= 4 is 40.4 Å². The Bertz CT molecular complexity index is 1130. The standard InChI is InChI=1S/C22H15ClN2O2/c23-17-8-4-7-16(13-17)22-25-19-14-18(10-11-20(19)27-22)24-21(26)12-9-15-5-2-1-3-6-15/h1-14H,(H,24,26). The number of rotatable bonds is 4. The summed E-state index contributed by atoms with van der Waals surface area (Å²) in [6.45, 7) is 0. The number of nitrogens with zero attached hydrogens (tertiary/aromatic N) is 1. The van der Waals surface area contributed by atoms with E-state index in [2.05, 4.69) is 10.3 Å². The van der Waals surface area contributed by atoms with Gasteiger partial charge in [-0.1, -0.05) is 48.0 Å². The summed E-state index contributed by atoms with van der Waals surface area (Å²) in [4.78, 5) is 16.6. The van der Waals surface area contributed by atoms with Crippen molar-refractivity contribution in [3.8, 4) is 11.5 Å². The van der Waals surface area contributed by atoms with E-state index in [0.717, 1.165) is 11.1 Å². The normalized spacial score (nSPS) is 11.1. The fourth-order valence-electron chi connectivity index (χ4n) is 2.67. The summed E-state index contributed by atoms with van der Waals surface area (Å²) < 4.78 is 5.78. The molecule has 0 unspecified atom stereocenters. The highest BCUT2D eigenvalue weighted by atomic mass is 35.5. The number of anilines is 1. The Labute approximate surface area is 161 Å². The van der Waals surface area contributed by atoms with Crippen LogP contribution >= 0.6 is 11.6 Å². The van der Waals surface area contributed by atoms with Gasteiger partial charge >= 0.3 is 0 Å². The number of oxazole rings is 1. The second-order valence-electron chi connectivity index (χ2n) is 5.95. The maximum absolute atomic E-state index is 12.1. The SMILES string of the molecule is O=C(C=Cc1ccccc1)Nc1ccc2oc(-c3cccc(Cl)c3)nc2c1. The van der Waals surface area contributed by atoms with Crippen LogP contribution in [0, 0.1) is 0 Å². The Balaban J connectivity index is 1.53. The lowest BCUT2D eigenvalue weighted by molar-refractivity contribution is -0.111. The molecule has 1 heterocycles. The average molecular weight is 375 g/mol. The molecule has 5 heteroatoms. The van der Waals surface area contributed by atoms with Gasteiger partial charge in [-0.25, -0.2) is 4.98 Å². The Morgan fingerprint density at radius 3 is 2.67 bits per heavy atom. The molecule has 0 fully saturated rings. The van der Waals surface area contributed by atoms with Crippen molar-refractivity contribution < 1.29 is 9.21 Å². The molecule has 0 aliphatic rings. The summed E-state index contributed by atoms with van der Waals surface area (Å²) in [5.74, 6) is 0.275. The molecule has 1 amide bonds.